The molecule has 0 aliphatic carbocycles. The van der Waals surface area contributed by atoms with Gasteiger partial charge >= 0.3 is 0 Å². The quantitative estimate of drug-likeness (QED) is 0.748. The van der Waals surface area contributed by atoms with Crippen molar-refractivity contribution in [2.45, 2.75) is 13.0 Å². The smallest absolute Gasteiger partial charge is 0.129 e. The van der Waals surface area contributed by atoms with E-state index in [9.17, 15) is 0 Å². The average molecular weight is 304 g/mol. The second kappa shape index (κ2) is 6.97. The molecule has 0 aliphatic heterocycles. The van der Waals surface area contributed by atoms with Gasteiger partial charge in [0.05, 0.1) is 13.2 Å². The Kier molecular flexibility index (Phi) is 4.57. The molecule has 3 nitrogen and oxygen atoms in total. The van der Waals surface area contributed by atoms with E-state index in [-0.39, 0.29) is 6.04 Å². The Hall–Kier alpha value is -2.81. The van der Waals surface area contributed by atoms with Gasteiger partial charge in [0.25, 0.3) is 0 Å². The van der Waals surface area contributed by atoms with E-state index in [1.165, 1.54) is 5.56 Å². The van der Waals surface area contributed by atoms with Gasteiger partial charge in [-0.25, -0.2) is 4.98 Å². The van der Waals surface area contributed by atoms with Crippen molar-refractivity contribution >= 4 is 5.82 Å². The van der Waals surface area contributed by atoms with Crippen molar-refractivity contribution in [1.82, 2.24) is 4.98 Å². The molecule has 1 atom stereocenters. The molecule has 0 aliphatic rings. The number of nitrogens with one attached hydrogen (secondary N) is 1. The zero-order valence-electron chi connectivity index (χ0n) is 13.4. The van der Waals surface area contributed by atoms with Crippen molar-refractivity contribution in [1.29, 1.82) is 0 Å². The van der Waals surface area contributed by atoms with E-state index >= 15 is 0 Å². The van der Waals surface area contributed by atoms with E-state index in [2.05, 4.69) is 59.7 Å². The Balaban J connectivity index is 2.02. The van der Waals surface area contributed by atoms with Crippen LogP contribution in [0.2, 0.25) is 0 Å². The molecule has 3 heteroatoms. The summed E-state index contributed by atoms with van der Waals surface area (Å²) in [5.41, 5.74) is 3.45. The van der Waals surface area contributed by atoms with Crippen molar-refractivity contribution in [3.8, 4) is 5.75 Å². The molecular formula is C20H20N2O. The predicted molar refractivity (Wildman–Crippen MR) is 93.9 cm³/mol. The topological polar surface area (TPSA) is 34.1 Å². The van der Waals surface area contributed by atoms with Crippen LogP contribution in [0.1, 0.15) is 22.7 Å². The molecule has 3 rings (SSSR count). The maximum absolute atomic E-state index is 5.37. The van der Waals surface area contributed by atoms with Gasteiger partial charge in [-0.2, -0.15) is 0 Å². The van der Waals surface area contributed by atoms with Crippen LogP contribution in [0.15, 0.2) is 72.9 Å². The number of methoxy groups -OCH3 is 1. The number of ether oxygens (including phenoxy) is 1. The molecule has 1 aromatic heterocycles. The molecule has 0 bridgehead atoms. The Morgan fingerprint density at radius 1 is 0.913 bits per heavy atom. The lowest BCUT2D eigenvalue weighted by Gasteiger charge is -2.22. The zero-order chi connectivity index (χ0) is 16.1. The number of nitrogens with zero attached hydrogens (tertiary/aromatic N) is 1. The van der Waals surface area contributed by atoms with Gasteiger partial charge in [0.15, 0.2) is 0 Å². The summed E-state index contributed by atoms with van der Waals surface area (Å²) in [6.45, 7) is 2.06. The average Bonchev–Trinajstić information content (AvgIpc) is 2.62. The van der Waals surface area contributed by atoms with Crippen LogP contribution in [-0.4, -0.2) is 12.1 Å². The normalized spacial score (nSPS) is 11.7. The van der Waals surface area contributed by atoms with E-state index < -0.39 is 0 Å². The van der Waals surface area contributed by atoms with Crippen molar-refractivity contribution in [2.75, 3.05) is 12.4 Å². The highest BCUT2D eigenvalue weighted by Gasteiger charge is 2.16. The van der Waals surface area contributed by atoms with E-state index in [4.69, 9.17) is 4.74 Å². The summed E-state index contributed by atoms with van der Waals surface area (Å²) in [6, 6.07) is 22.5. The summed E-state index contributed by atoms with van der Waals surface area (Å²) in [5.74, 6) is 1.74. The standard InChI is InChI=1S/C20H20N2O/c1-15-8-7-13-21-20(15)22-19(16-9-4-3-5-10-16)17-11-6-12-18(14-17)23-2/h3-14,19H,1-2H3,(H,21,22). The predicted octanol–water partition coefficient (Wildman–Crippen LogP) is 4.60. The van der Waals surface area contributed by atoms with Crippen LogP contribution in [0.3, 0.4) is 0 Å². The monoisotopic (exact) mass is 304 g/mol. The van der Waals surface area contributed by atoms with Crippen molar-refractivity contribution in [3.63, 3.8) is 0 Å². The molecule has 0 fully saturated rings. The van der Waals surface area contributed by atoms with E-state index in [1.54, 1.807) is 7.11 Å². The molecule has 3 aromatic rings. The molecule has 1 heterocycles. The van der Waals surface area contributed by atoms with Gasteiger partial charge in [0.2, 0.25) is 0 Å². The summed E-state index contributed by atoms with van der Waals surface area (Å²) in [5, 5.41) is 3.56. The van der Waals surface area contributed by atoms with Gasteiger partial charge in [-0.05, 0) is 41.8 Å². The molecule has 2 aromatic carbocycles. The first-order chi connectivity index (χ1) is 11.3. The third-order valence-electron chi connectivity index (χ3n) is 3.85. The third-order valence-corrected chi connectivity index (χ3v) is 3.85. The van der Waals surface area contributed by atoms with Crippen LogP contribution in [0.4, 0.5) is 5.82 Å². The summed E-state index contributed by atoms with van der Waals surface area (Å²) in [7, 11) is 1.69. The fourth-order valence-electron chi connectivity index (χ4n) is 2.60. The molecular weight excluding hydrogens is 284 g/mol. The van der Waals surface area contributed by atoms with Crippen molar-refractivity contribution in [2.24, 2.45) is 0 Å². The number of aryl methyl sites for hydroxylation is 1. The van der Waals surface area contributed by atoms with Gasteiger partial charge < -0.3 is 10.1 Å². The maximum Gasteiger partial charge on any atom is 0.129 e. The van der Waals surface area contributed by atoms with Crippen LogP contribution >= 0.6 is 0 Å². The minimum atomic E-state index is 0.0138. The lowest BCUT2D eigenvalue weighted by atomic mass is 9.98. The minimum absolute atomic E-state index is 0.0138. The largest absolute Gasteiger partial charge is 0.497 e. The van der Waals surface area contributed by atoms with Crippen LogP contribution in [0, 0.1) is 6.92 Å². The molecule has 0 saturated heterocycles. The fourth-order valence-corrected chi connectivity index (χ4v) is 2.60. The highest BCUT2D eigenvalue weighted by molar-refractivity contribution is 5.49. The highest BCUT2D eigenvalue weighted by atomic mass is 16.5. The first kappa shape index (κ1) is 15.1. The summed E-state index contributed by atoms with van der Waals surface area (Å²) >= 11 is 0. The molecule has 1 N–H and O–H groups in total. The van der Waals surface area contributed by atoms with Crippen LogP contribution in [0.25, 0.3) is 0 Å². The van der Waals surface area contributed by atoms with Crippen molar-refractivity contribution < 1.29 is 4.74 Å². The SMILES string of the molecule is COc1cccc(C(Nc2ncccc2C)c2ccccc2)c1. The Labute approximate surface area is 137 Å². The molecule has 116 valence electrons. The number of rotatable bonds is 5. The van der Waals surface area contributed by atoms with Crippen molar-refractivity contribution in [3.05, 3.63) is 89.6 Å². The Bertz CT molecular complexity index is 771. The number of hydrogen-bond acceptors (Lipinski definition) is 3. The van der Waals surface area contributed by atoms with E-state index in [0.29, 0.717) is 0 Å². The highest BCUT2D eigenvalue weighted by Crippen LogP contribution is 2.29. The lowest BCUT2D eigenvalue weighted by Crippen LogP contribution is -2.14. The second-order valence-corrected chi connectivity index (χ2v) is 5.43. The molecule has 23 heavy (non-hydrogen) atoms. The maximum atomic E-state index is 5.37. The Morgan fingerprint density at radius 3 is 2.43 bits per heavy atom. The summed E-state index contributed by atoms with van der Waals surface area (Å²) in [6.07, 6.45) is 1.81. The lowest BCUT2D eigenvalue weighted by molar-refractivity contribution is 0.414. The zero-order valence-corrected chi connectivity index (χ0v) is 13.4. The van der Waals surface area contributed by atoms with Crippen LogP contribution in [0.5, 0.6) is 5.75 Å². The molecule has 1 unspecified atom stereocenters. The van der Waals surface area contributed by atoms with E-state index in [1.807, 2.05) is 30.5 Å². The van der Waals surface area contributed by atoms with Gasteiger partial charge in [-0.15, -0.1) is 0 Å². The number of aromatic nitrogens is 1. The first-order valence-electron chi connectivity index (χ1n) is 7.65. The molecule has 0 spiro atoms. The first-order valence-corrected chi connectivity index (χ1v) is 7.65. The van der Waals surface area contributed by atoms with E-state index in [0.717, 1.165) is 22.7 Å². The Morgan fingerprint density at radius 2 is 1.70 bits per heavy atom. The van der Waals surface area contributed by atoms with Gasteiger partial charge in [-0.3, -0.25) is 0 Å². The number of anilines is 1. The summed E-state index contributed by atoms with van der Waals surface area (Å²) in [4.78, 5) is 4.47. The number of hydrogen-bond donors (Lipinski definition) is 1. The van der Waals surface area contributed by atoms with Crippen LogP contribution < -0.4 is 10.1 Å². The fraction of sp³-hybridized carbons (Fsp3) is 0.150. The minimum Gasteiger partial charge on any atom is -0.497 e. The van der Waals surface area contributed by atoms with Gasteiger partial charge in [-0.1, -0.05) is 48.5 Å². The number of benzene rings is 2. The third kappa shape index (κ3) is 3.51. The number of pyridine rings is 1. The van der Waals surface area contributed by atoms with Crippen LogP contribution in [-0.2, 0) is 0 Å². The molecule has 0 saturated carbocycles. The second-order valence-electron chi connectivity index (χ2n) is 5.43. The van der Waals surface area contributed by atoms with Gasteiger partial charge in [0, 0.05) is 6.20 Å². The molecule has 0 amide bonds. The summed E-state index contributed by atoms with van der Waals surface area (Å²) < 4.78 is 5.37. The van der Waals surface area contributed by atoms with Gasteiger partial charge in [0.1, 0.15) is 11.6 Å². The molecule has 0 radical (unpaired) electrons.